The van der Waals surface area contributed by atoms with Gasteiger partial charge in [-0.3, -0.25) is 4.79 Å². The average molecular weight is 286 g/mol. The van der Waals surface area contributed by atoms with Gasteiger partial charge in [0.15, 0.2) is 0 Å². The number of carbonyl (C=O) groups excluding carboxylic acids is 1. The van der Waals surface area contributed by atoms with Crippen LogP contribution in [0, 0.1) is 11.8 Å². The van der Waals surface area contributed by atoms with Crippen molar-refractivity contribution in [2.24, 2.45) is 11.8 Å². The third kappa shape index (κ3) is 4.43. The van der Waals surface area contributed by atoms with Gasteiger partial charge >= 0.3 is 5.97 Å². The summed E-state index contributed by atoms with van der Waals surface area (Å²) in [6, 6.07) is 0. The first-order chi connectivity index (χ1) is 9.63. The fourth-order valence-electron chi connectivity index (χ4n) is 2.93. The Balaban J connectivity index is 1.66. The largest absolute Gasteiger partial charge is 0.466 e. The zero-order chi connectivity index (χ0) is 14.4. The van der Waals surface area contributed by atoms with Gasteiger partial charge in [-0.2, -0.15) is 0 Å². The number of hydrogen-bond donors (Lipinski definition) is 1. The van der Waals surface area contributed by atoms with Crippen molar-refractivity contribution < 1.29 is 24.1 Å². The lowest BCUT2D eigenvalue weighted by molar-refractivity contribution is -0.152. The predicted molar refractivity (Wildman–Crippen MR) is 73.3 cm³/mol. The third-order valence-electron chi connectivity index (χ3n) is 4.28. The molecule has 1 atom stereocenters. The second-order valence-electron chi connectivity index (χ2n) is 6.00. The second-order valence-corrected chi connectivity index (χ2v) is 6.00. The highest BCUT2D eigenvalue weighted by Gasteiger charge is 2.36. The highest BCUT2D eigenvalue weighted by Crippen LogP contribution is 2.33. The SMILES string of the molecule is CCOC(=O)C1CCC(O)(COCC2CCOC2)CC1. The van der Waals surface area contributed by atoms with E-state index in [1.165, 1.54) is 0 Å². The maximum absolute atomic E-state index is 11.6. The Labute approximate surface area is 120 Å². The minimum Gasteiger partial charge on any atom is -0.466 e. The fraction of sp³-hybridized carbons (Fsp3) is 0.933. The van der Waals surface area contributed by atoms with Crippen LogP contribution >= 0.6 is 0 Å². The normalized spacial score (nSPS) is 34.1. The molecule has 1 aliphatic heterocycles. The zero-order valence-electron chi connectivity index (χ0n) is 12.3. The molecule has 0 bridgehead atoms. The topological polar surface area (TPSA) is 65.0 Å². The molecule has 0 aromatic heterocycles. The Bertz CT molecular complexity index is 303. The Kier molecular flexibility index (Phi) is 5.81. The summed E-state index contributed by atoms with van der Waals surface area (Å²) < 4.78 is 16.0. The minimum absolute atomic E-state index is 0.0570. The number of hydrogen-bond acceptors (Lipinski definition) is 5. The van der Waals surface area contributed by atoms with Gasteiger partial charge in [0.2, 0.25) is 0 Å². The Morgan fingerprint density at radius 3 is 2.70 bits per heavy atom. The first kappa shape index (κ1) is 15.7. The van der Waals surface area contributed by atoms with Crippen molar-refractivity contribution in [2.75, 3.05) is 33.0 Å². The van der Waals surface area contributed by atoms with Crippen molar-refractivity contribution in [3.63, 3.8) is 0 Å². The lowest BCUT2D eigenvalue weighted by Gasteiger charge is -2.35. The Hall–Kier alpha value is -0.650. The van der Waals surface area contributed by atoms with Crippen LogP contribution in [-0.2, 0) is 19.0 Å². The summed E-state index contributed by atoms with van der Waals surface area (Å²) >= 11 is 0. The molecule has 2 fully saturated rings. The van der Waals surface area contributed by atoms with Crippen LogP contribution in [-0.4, -0.2) is 49.7 Å². The van der Waals surface area contributed by atoms with Crippen molar-refractivity contribution in [3.05, 3.63) is 0 Å². The van der Waals surface area contributed by atoms with E-state index < -0.39 is 5.60 Å². The van der Waals surface area contributed by atoms with E-state index >= 15 is 0 Å². The lowest BCUT2D eigenvalue weighted by atomic mass is 9.79. The molecule has 1 saturated heterocycles. The van der Waals surface area contributed by atoms with Gasteiger partial charge in [0.1, 0.15) is 0 Å². The summed E-state index contributed by atoms with van der Waals surface area (Å²) in [5, 5.41) is 10.5. The molecule has 2 aliphatic rings. The number of esters is 1. The van der Waals surface area contributed by atoms with Crippen molar-refractivity contribution in [3.8, 4) is 0 Å². The van der Waals surface area contributed by atoms with Crippen molar-refractivity contribution in [2.45, 2.75) is 44.6 Å². The molecule has 1 saturated carbocycles. The van der Waals surface area contributed by atoms with Gasteiger partial charge in [-0.15, -0.1) is 0 Å². The summed E-state index contributed by atoms with van der Waals surface area (Å²) in [6.07, 6.45) is 3.63. The number of ether oxygens (including phenoxy) is 3. The molecule has 1 N–H and O–H groups in total. The highest BCUT2D eigenvalue weighted by atomic mass is 16.5. The lowest BCUT2D eigenvalue weighted by Crippen LogP contribution is -2.40. The molecule has 116 valence electrons. The molecule has 0 amide bonds. The molecule has 0 aromatic carbocycles. The summed E-state index contributed by atoms with van der Waals surface area (Å²) in [5.41, 5.74) is -0.775. The van der Waals surface area contributed by atoms with E-state index in [0.29, 0.717) is 51.4 Å². The number of rotatable bonds is 6. The molecule has 20 heavy (non-hydrogen) atoms. The van der Waals surface area contributed by atoms with E-state index in [-0.39, 0.29) is 11.9 Å². The summed E-state index contributed by atoms with van der Waals surface area (Å²) in [7, 11) is 0. The second kappa shape index (κ2) is 7.38. The third-order valence-corrected chi connectivity index (χ3v) is 4.28. The van der Waals surface area contributed by atoms with Crippen LogP contribution in [0.3, 0.4) is 0 Å². The van der Waals surface area contributed by atoms with Gasteiger partial charge < -0.3 is 19.3 Å². The van der Waals surface area contributed by atoms with E-state index in [1.54, 1.807) is 0 Å². The summed E-state index contributed by atoms with van der Waals surface area (Å²) in [5.74, 6) is 0.284. The van der Waals surface area contributed by atoms with Crippen molar-refractivity contribution in [1.82, 2.24) is 0 Å². The molecule has 0 aromatic rings. The molecule has 0 radical (unpaired) electrons. The smallest absolute Gasteiger partial charge is 0.308 e. The number of aliphatic hydroxyl groups is 1. The molecule has 5 nitrogen and oxygen atoms in total. The van der Waals surface area contributed by atoms with Crippen LogP contribution in [0.1, 0.15) is 39.0 Å². The molecule has 5 heteroatoms. The zero-order valence-corrected chi connectivity index (χ0v) is 12.3. The van der Waals surface area contributed by atoms with Crippen molar-refractivity contribution in [1.29, 1.82) is 0 Å². The minimum atomic E-state index is -0.775. The van der Waals surface area contributed by atoms with Crippen LogP contribution in [0.25, 0.3) is 0 Å². The molecular weight excluding hydrogens is 260 g/mol. The standard InChI is InChI=1S/C15H26O5/c1-2-20-14(16)13-3-6-15(17,7-4-13)11-19-10-12-5-8-18-9-12/h12-13,17H,2-11H2,1H3. The summed E-state index contributed by atoms with van der Waals surface area (Å²) in [6.45, 7) is 4.84. The molecular formula is C15H26O5. The van der Waals surface area contributed by atoms with Crippen LogP contribution < -0.4 is 0 Å². The first-order valence-corrected chi connectivity index (χ1v) is 7.67. The summed E-state index contributed by atoms with van der Waals surface area (Å²) in [4.78, 5) is 11.6. The van der Waals surface area contributed by atoms with Gasteiger partial charge in [-0.05, 0) is 39.0 Å². The Morgan fingerprint density at radius 2 is 2.10 bits per heavy atom. The van der Waals surface area contributed by atoms with E-state index in [2.05, 4.69) is 0 Å². The average Bonchev–Trinajstić information content (AvgIpc) is 2.93. The van der Waals surface area contributed by atoms with Gasteiger partial charge in [0, 0.05) is 12.5 Å². The van der Waals surface area contributed by atoms with Crippen molar-refractivity contribution >= 4 is 5.97 Å². The Morgan fingerprint density at radius 1 is 1.35 bits per heavy atom. The molecule has 1 heterocycles. The first-order valence-electron chi connectivity index (χ1n) is 7.67. The van der Waals surface area contributed by atoms with Crippen LogP contribution in [0.15, 0.2) is 0 Å². The van der Waals surface area contributed by atoms with Gasteiger partial charge in [0.25, 0.3) is 0 Å². The molecule has 2 rings (SSSR count). The monoisotopic (exact) mass is 286 g/mol. The van der Waals surface area contributed by atoms with Gasteiger partial charge in [-0.25, -0.2) is 0 Å². The van der Waals surface area contributed by atoms with Crippen LogP contribution in [0.2, 0.25) is 0 Å². The quantitative estimate of drug-likeness (QED) is 0.750. The molecule has 0 spiro atoms. The molecule has 1 unspecified atom stereocenters. The maximum atomic E-state index is 11.6. The van der Waals surface area contributed by atoms with Gasteiger partial charge in [-0.1, -0.05) is 0 Å². The predicted octanol–water partition coefficient (Wildman–Crippen LogP) is 1.52. The molecule has 1 aliphatic carbocycles. The van der Waals surface area contributed by atoms with Gasteiger partial charge in [0.05, 0.1) is 37.9 Å². The maximum Gasteiger partial charge on any atom is 0.308 e. The van der Waals surface area contributed by atoms with Crippen LogP contribution in [0.4, 0.5) is 0 Å². The van der Waals surface area contributed by atoms with E-state index in [1.807, 2.05) is 6.92 Å². The highest BCUT2D eigenvalue weighted by molar-refractivity contribution is 5.72. The van der Waals surface area contributed by atoms with E-state index in [4.69, 9.17) is 14.2 Å². The number of carbonyl (C=O) groups is 1. The van der Waals surface area contributed by atoms with E-state index in [0.717, 1.165) is 19.6 Å². The van der Waals surface area contributed by atoms with E-state index in [9.17, 15) is 9.90 Å². The fourth-order valence-corrected chi connectivity index (χ4v) is 2.93. The van der Waals surface area contributed by atoms with Crippen LogP contribution in [0.5, 0.6) is 0 Å².